The number of hydrogen-bond donors (Lipinski definition) is 3. The van der Waals surface area contributed by atoms with Gasteiger partial charge in [-0.2, -0.15) is 0 Å². The first-order chi connectivity index (χ1) is 6.61. The molecule has 0 fully saturated rings. The Morgan fingerprint density at radius 1 is 1.57 bits per heavy atom. The summed E-state index contributed by atoms with van der Waals surface area (Å²) in [4.78, 5) is 0. The molecule has 14 heavy (non-hydrogen) atoms. The molecule has 4 N–H and O–H groups in total. The van der Waals surface area contributed by atoms with Crippen LogP contribution in [0.25, 0.3) is 0 Å². The van der Waals surface area contributed by atoms with Crippen LogP contribution in [0.2, 0.25) is 5.02 Å². The number of methoxy groups -OCH3 is 1. The van der Waals surface area contributed by atoms with E-state index in [0.29, 0.717) is 11.3 Å². The number of halogens is 1. The molecule has 5 heteroatoms. The lowest BCUT2D eigenvalue weighted by atomic mass is 10.1. The Kier molecular flexibility index (Phi) is 3.57. The van der Waals surface area contributed by atoms with Crippen LogP contribution in [0.5, 0.6) is 11.5 Å². The highest BCUT2D eigenvalue weighted by atomic mass is 35.5. The van der Waals surface area contributed by atoms with Crippen molar-refractivity contribution in [3.05, 3.63) is 22.7 Å². The highest BCUT2D eigenvalue weighted by Gasteiger charge is 2.15. The number of phenolic OH excluding ortho intramolecular Hbond substituents is 1. The van der Waals surface area contributed by atoms with Gasteiger partial charge in [-0.1, -0.05) is 11.6 Å². The number of phenols is 1. The van der Waals surface area contributed by atoms with Gasteiger partial charge in [0.2, 0.25) is 0 Å². The van der Waals surface area contributed by atoms with Crippen molar-refractivity contribution in [2.75, 3.05) is 13.7 Å². The third-order valence-corrected chi connectivity index (χ3v) is 2.29. The van der Waals surface area contributed by atoms with Gasteiger partial charge in [0.15, 0.2) is 0 Å². The number of benzene rings is 1. The van der Waals surface area contributed by atoms with Gasteiger partial charge in [0.05, 0.1) is 19.8 Å². The summed E-state index contributed by atoms with van der Waals surface area (Å²) < 4.78 is 4.90. The number of nitrogens with two attached hydrogens (primary N) is 1. The Labute approximate surface area is 86.9 Å². The van der Waals surface area contributed by atoms with Crippen LogP contribution in [-0.2, 0) is 0 Å². The Bertz CT molecular complexity index is 330. The number of aromatic hydroxyl groups is 1. The molecule has 0 radical (unpaired) electrons. The van der Waals surface area contributed by atoms with Gasteiger partial charge >= 0.3 is 0 Å². The van der Waals surface area contributed by atoms with Crippen molar-refractivity contribution < 1.29 is 14.9 Å². The number of ether oxygens (including phenoxy) is 1. The molecular formula is C9H12ClNO3. The predicted molar refractivity (Wildman–Crippen MR) is 53.7 cm³/mol. The maximum atomic E-state index is 9.61. The van der Waals surface area contributed by atoms with Gasteiger partial charge in [-0.15, -0.1) is 0 Å². The number of hydrogen-bond acceptors (Lipinski definition) is 4. The van der Waals surface area contributed by atoms with Gasteiger partial charge in [0, 0.05) is 5.56 Å². The molecule has 0 bridgehead atoms. The third kappa shape index (κ3) is 1.92. The summed E-state index contributed by atoms with van der Waals surface area (Å²) in [5.41, 5.74) is 5.95. The first-order valence-corrected chi connectivity index (χ1v) is 4.41. The first-order valence-electron chi connectivity index (χ1n) is 4.03. The maximum Gasteiger partial charge on any atom is 0.142 e. The molecule has 4 nitrogen and oxygen atoms in total. The van der Waals surface area contributed by atoms with E-state index >= 15 is 0 Å². The lowest BCUT2D eigenvalue weighted by molar-refractivity contribution is 0.265. The summed E-state index contributed by atoms with van der Waals surface area (Å²) in [6, 6.07) is 2.52. The van der Waals surface area contributed by atoms with Crippen molar-refractivity contribution in [3.63, 3.8) is 0 Å². The van der Waals surface area contributed by atoms with Gasteiger partial charge in [0.1, 0.15) is 16.5 Å². The predicted octanol–water partition coefficient (Wildman–Crippen LogP) is 1.05. The zero-order valence-electron chi connectivity index (χ0n) is 7.70. The fourth-order valence-corrected chi connectivity index (χ4v) is 1.37. The lowest BCUT2D eigenvalue weighted by Crippen LogP contribution is -2.14. The zero-order valence-corrected chi connectivity index (χ0v) is 8.45. The standard InChI is InChI=1S/C9H12ClNO3/c1-14-7-3-2-5(6(11)4-12)9(13)8(7)10/h2-3,6,12-13H,4,11H2,1H3. The molecule has 1 unspecified atom stereocenters. The minimum absolute atomic E-state index is 0.105. The molecule has 0 aromatic heterocycles. The van der Waals surface area contributed by atoms with Crippen LogP contribution in [0, 0.1) is 0 Å². The molecule has 0 heterocycles. The van der Waals surface area contributed by atoms with E-state index in [1.807, 2.05) is 0 Å². The van der Waals surface area contributed by atoms with E-state index in [1.165, 1.54) is 7.11 Å². The van der Waals surface area contributed by atoms with Gasteiger partial charge < -0.3 is 20.7 Å². The third-order valence-electron chi connectivity index (χ3n) is 1.93. The summed E-state index contributed by atoms with van der Waals surface area (Å²) in [6.45, 7) is -0.254. The quantitative estimate of drug-likeness (QED) is 0.707. The topological polar surface area (TPSA) is 75.7 Å². The molecule has 1 rings (SSSR count). The molecule has 0 saturated heterocycles. The largest absolute Gasteiger partial charge is 0.506 e. The SMILES string of the molecule is COc1ccc(C(N)CO)c(O)c1Cl. The number of aliphatic hydroxyl groups excluding tert-OH is 1. The molecule has 0 spiro atoms. The molecule has 0 aliphatic carbocycles. The normalized spacial score (nSPS) is 12.6. The van der Waals surface area contributed by atoms with Crippen molar-refractivity contribution >= 4 is 11.6 Å². The van der Waals surface area contributed by atoms with Crippen LogP contribution >= 0.6 is 11.6 Å². The molecule has 0 saturated carbocycles. The van der Waals surface area contributed by atoms with Crippen molar-refractivity contribution in [3.8, 4) is 11.5 Å². The minimum atomic E-state index is -0.640. The number of rotatable bonds is 3. The Balaban J connectivity index is 3.17. The first kappa shape index (κ1) is 11.1. The molecule has 1 atom stereocenters. The zero-order chi connectivity index (χ0) is 10.7. The molecule has 0 aliphatic rings. The Morgan fingerprint density at radius 2 is 2.21 bits per heavy atom. The second-order valence-electron chi connectivity index (χ2n) is 2.81. The molecule has 0 aliphatic heterocycles. The lowest BCUT2D eigenvalue weighted by Gasteiger charge is -2.13. The van der Waals surface area contributed by atoms with E-state index in [4.69, 9.17) is 27.2 Å². The molecule has 1 aromatic carbocycles. The summed E-state index contributed by atoms with van der Waals surface area (Å²) in [5.74, 6) is 0.227. The average molecular weight is 218 g/mol. The van der Waals surface area contributed by atoms with Crippen LogP contribution in [0.3, 0.4) is 0 Å². The Morgan fingerprint density at radius 3 is 2.71 bits per heavy atom. The van der Waals surface area contributed by atoms with E-state index < -0.39 is 6.04 Å². The monoisotopic (exact) mass is 217 g/mol. The van der Waals surface area contributed by atoms with Gasteiger partial charge in [-0.25, -0.2) is 0 Å². The van der Waals surface area contributed by atoms with E-state index in [0.717, 1.165) is 0 Å². The van der Waals surface area contributed by atoms with Crippen molar-refractivity contribution in [2.45, 2.75) is 6.04 Å². The van der Waals surface area contributed by atoms with Gasteiger partial charge in [-0.05, 0) is 12.1 Å². The fourth-order valence-electron chi connectivity index (χ4n) is 1.12. The number of aliphatic hydroxyl groups is 1. The molecule has 0 amide bonds. The average Bonchev–Trinajstić information content (AvgIpc) is 2.21. The smallest absolute Gasteiger partial charge is 0.142 e. The van der Waals surface area contributed by atoms with Crippen molar-refractivity contribution in [1.29, 1.82) is 0 Å². The summed E-state index contributed by atoms with van der Waals surface area (Å²) in [5, 5.41) is 18.5. The van der Waals surface area contributed by atoms with Gasteiger partial charge in [0.25, 0.3) is 0 Å². The summed E-state index contributed by atoms with van der Waals surface area (Å²) in [6.07, 6.45) is 0. The second-order valence-corrected chi connectivity index (χ2v) is 3.19. The van der Waals surface area contributed by atoms with Gasteiger partial charge in [-0.3, -0.25) is 0 Å². The van der Waals surface area contributed by atoms with Crippen LogP contribution in [-0.4, -0.2) is 23.9 Å². The van der Waals surface area contributed by atoms with Crippen LogP contribution in [0.4, 0.5) is 0 Å². The second kappa shape index (κ2) is 4.50. The van der Waals surface area contributed by atoms with Crippen molar-refractivity contribution in [1.82, 2.24) is 0 Å². The van der Waals surface area contributed by atoms with Crippen molar-refractivity contribution in [2.24, 2.45) is 5.73 Å². The Hall–Kier alpha value is -0.970. The van der Waals surface area contributed by atoms with E-state index in [-0.39, 0.29) is 17.4 Å². The van der Waals surface area contributed by atoms with E-state index in [9.17, 15) is 5.11 Å². The van der Waals surface area contributed by atoms with Crippen LogP contribution < -0.4 is 10.5 Å². The fraction of sp³-hybridized carbons (Fsp3) is 0.333. The summed E-state index contributed by atoms with van der Waals surface area (Å²) >= 11 is 5.79. The summed E-state index contributed by atoms with van der Waals surface area (Å²) in [7, 11) is 1.45. The van der Waals surface area contributed by atoms with E-state index in [1.54, 1.807) is 12.1 Å². The van der Waals surface area contributed by atoms with E-state index in [2.05, 4.69) is 0 Å². The highest BCUT2D eigenvalue weighted by Crippen LogP contribution is 2.37. The molecular weight excluding hydrogens is 206 g/mol. The van der Waals surface area contributed by atoms with Crippen LogP contribution in [0.15, 0.2) is 12.1 Å². The minimum Gasteiger partial charge on any atom is -0.506 e. The highest BCUT2D eigenvalue weighted by molar-refractivity contribution is 6.33. The molecule has 78 valence electrons. The molecule has 1 aromatic rings. The maximum absolute atomic E-state index is 9.61. The van der Waals surface area contributed by atoms with Crippen LogP contribution in [0.1, 0.15) is 11.6 Å².